The van der Waals surface area contributed by atoms with Crippen molar-refractivity contribution in [3.8, 4) is 0 Å². The van der Waals surface area contributed by atoms with Crippen LogP contribution in [-0.2, 0) is 11.3 Å². The molecule has 1 aliphatic heterocycles. The molecule has 1 saturated carbocycles. The number of benzene rings is 1. The van der Waals surface area contributed by atoms with E-state index >= 15 is 0 Å². The van der Waals surface area contributed by atoms with Crippen molar-refractivity contribution in [2.75, 3.05) is 11.4 Å². The van der Waals surface area contributed by atoms with Gasteiger partial charge in [-0.05, 0) is 67.6 Å². The lowest BCUT2D eigenvalue weighted by molar-refractivity contribution is -0.122. The highest BCUT2D eigenvalue weighted by molar-refractivity contribution is 5.97. The van der Waals surface area contributed by atoms with Crippen molar-refractivity contribution in [1.82, 2.24) is 10.3 Å². The van der Waals surface area contributed by atoms with Gasteiger partial charge in [-0.1, -0.05) is 25.3 Å². The van der Waals surface area contributed by atoms with Crippen molar-refractivity contribution >= 4 is 11.6 Å². The molecule has 1 aliphatic carbocycles. The molecule has 1 aromatic heterocycles. The van der Waals surface area contributed by atoms with E-state index in [4.69, 9.17) is 0 Å². The number of aromatic nitrogens is 1. The highest BCUT2D eigenvalue weighted by Crippen LogP contribution is 2.32. The molecule has 2 aromatic rings. The molecule has 4 rings (SSSR count). The molecular weight excluding hydrogens is 341 g/mol. The van der Waals surface area contributed by atoms with Crippen molar-refractivity contribution in [2.45, 2.75) is 57.0 Å². The third-order valence-corrected chi connectivity index (χ3v) is 5.77. The van der Waals surface area contributed by atoms with Crippen molar-refractivity contribution in [3.05, 3.63) is 59.7 Å². The second-order valence-electron chi connectivity index (χ2n) is 7.61. The summed E-state index contributed by atoms with van der Waals surface area (Å²) in [6.45, 7) is 1.26. The molecule has 142 valence electrons. The smallest absolute Gasteiger partial charge is 0.244 e. The Morgan fingerprint density at radius 1 is 1.07 bits per heavy atom. The van der Waals surface area contributed by atoms with Gasteiger partial charge in [0, 0.05) is 11.9 Å². The van der Waals surface area contributed by atoms with Crippen LogP contribution in [0.15, 0.2) is 42.6 Å². The number of halogens is 1. The number of hydrogen-bond acceptors (Lipinski definition) is 3. The monoisotopic (exact) mass is 367 g/mol. The summed E-state index contributed by atoms with van der Waals surface area (Å²) in [7, 11) is 0. The van der Waals surface area contributed by atoms with Crippen LogP contribution in [0.25, 0.3) is 0 Å². The van der Waals surface area contributed by atoms with E-state index in [1.807, 2.05) is 12.3 Å². The van der Waals surface area contributed by atoms with E-state index in [2.05, 4.69) is 16.4 Å². The van der Waals surface area contributed by atoms with Crippen LogP contribution in [0.1, 0.15) is 55.7 Å². The van der Waals surface area contributed by atoms with Crippen molar-refractivity contribution in [2.24, 2.45) is 0 Å². The summed E-state index contributed by atoms with van der Waals surface area (Å²) in [6, 6.07) is 10.1. The fourth-order valence-corrected chi connectivity index (χ4v) is 3.97. The van der Waals surface area contributed by atoms with Crippen LogP contribution < -0.4 is 10.2 Å². The van der Waals surface area contributed by atoms with E-state index in [-0.39, 0.29) is 17.8 Å². The van der Waals surface area contributed by atoms with Gasteiger partial charge in [-0.15, -0.1) is 0 Å². The summed E-state index contributed by atoms with van der Waals surface area (Å²) < 4.78 is 13.3. The van der Waals surface area contributed by atoms with Gasteiger partial charge < -0.3 is 10.2 Å². The van der Waals surface area contributed by atoms with Crippen LogP contribution in [0.2, 0.25) is 0 Å². The molecule has 0 unspecified atom stereocenters. The molecule has 5 heteroatoms. The average molecular weight is 367 g/mol. The molecule has 2 heterocycles. The molecule has 0 bridgehead atoms. The standard InChI is InChI=1S/C22H26FN3O/c23-18-7-10-20(11-8-18)26(22(27)21-12-13-24-21)15-19-9-6-17(14-25-19)16-4-2-1-3-5-16/h6-11,14,16,21,24H,1-5,12-13,15H2/t21-/m1/s1. The van der Waals surface area contributed by atoms with Crippen LogP contribution in [0, 0.1) is 5.82 Å². The molecule has 4 nitrogen and oxygen atoms in total. The zero-order valence-corrected chi connectivity index (χ0v) is 15.5. The summed E-state index contributed by atoms with van der Waals surface area (Å²) in [4.78, 5) is 19.2. The van der Waals surface area contributed by atoms with Crippen LogP contribution in [-0.4, -0.2) is 23.5 Å². The predicted molar refractivity (Wildman–Crippen MR) is 104 cm³/mol. The van der Waals surface area contributed by atoms with E-state index in [1.165, 1.54) is 49.8 Å². The first-order chi connectivity index (χ1) is 13.2. The second-order valence-corrected chi connectivity index (χ2v) is 7.61. The lowest BCUT2D eigenvalue weighted by Crippen LogP contribution is -2.54. The van der Waals surface area contributed by atoms with Gasteiger partial charge in [0.1, 0.15) is 5.82 Å². The zero-order chi connectivity index (χ0) is 18.6. The molecule has 1 saturated heterocycles. The minimum Gasteiger partial charge on any atom is -0.306 e. The molecule has 1 atom stereocenters. The minimum atomic E-state index is -0.303. The number of rotatable bonds is 5. The van der Waals surface area contributed by atoms with E-state index < -0.39 is 0 Å². The molecule has 0 spiro atoms. The third-order valence-electron chi connectivity index (χ3n) is 5.77. The zero-order valence-electron chi connectivity index (χ0n) is 15.5. The normalized spacial score (nSPS) is 20.1. The molecule has 1 N–H and O–H groups in total. The Bertz CT molecular complexity index is 765. The maximum absolute atomic E-state index is 13.3. The van der Waals surface area contributed by atoms with Crippen molar-refractivity contribution in [3.63, 3.8) is 0 Å². The van der Waals surface area contributed by atoms with Crippen molar-refractivity contribution < 1.29 is 9.18 Å². The maximum Gasteiger partial charge on any atom is 0.244 e. The number of carbonyl (C=O) groups excluding carboxylic acids is 1. The molecule has 1 amide bonds. The first-order valence-electron chi connectivity index (χ1n) is 9.96. The molecule has 0 radical (unpaired) electrons. The van der Waals surface area contributed by atoms with Gasteiger partial charge in [0.15, 0.2) is 0 Å². The van der Waals surface area contributed by atoms with Gasteiger partial charge in [-0.3, -0.25) is 9.78 Å². The molecule has 2 aliphatic rings. The maximum atomic E-state index is 13.3. The number of carbonyl (C=O) groups is 1. The first kappa shape index (κ1) is 18.1. The summed E-state index contributed by atoms with van der Waals surface area (Å²) in [5.41, 5.74) is 2.86. The average Bonchev–Trinajstić information content (AvgIpc) is 2.67. The summed E-state index contributed by atoms with van der Waals surface area (Å²) in [6.07, 6.45) is 9.24. The number of pyridine rings is 1. The quantitative estimate of drug-likeness (QED) is 0.863. The van der Waals surface area contributed by atoms with E-state index in [9.17, 15) is 9.18 Å². The van der Waals surface area contributed by atoms with Crippen LogP contribution in [0.4, 0.5) is 10.1 Å². The number of nitrogens with zero attached hydrogens (tertiary/aromatic N) is 2. The summed E-state index contributed by atoms with van der Waals surface area (Å²) >= 11 is 0. The minimum absolute atomic E-state index is 0.0195. The van der Waals surface area contributed by atoms with Crippen LogP contribution in [0.3, 0.4) is 0 Å². The number of amides is 1. The largest absolute Gasteiger partial charge is 0.306 e. The fraction of sp³-hybridized carbons (Fsp3) is 0.455. The topological polar surface area (TPSA) is 45.2 Å². The Morgan fingerprint density at radius 2 is 1.81 bits per heavy atom. The molecular formula is C22H26FN3O. The van der Waals surface area contributed by atoms with Crippen molar-refractivity contribution in [1.29, 1.82) is 0 Å². The number of anilines is 1. The Balaban J connectivity index is 1.51. The van der Waals surface area contributed by atoms with Gasteiger partial charge in [-0.25, -0.2) is 4.39 Å². The molecule has 27 heavy (non-hydrogen) atoms. The second kappa shape index (κ2) is 8.17. The first-order valence-corrected chi connectivity index (χ1v) is 9.96. The summed E-state index contributed by atoms with van der Waals surface area (Å²) in [5, 5.41) is 3.16. The highest BCUT2D eigenvalue weighted by atomic mass is 19.1. The van der Waals surface area contributed by atoms with E-state index in [1.54, 1.807) is 17.0 Å². The molecule has 1 aromatic carbocycles. The highest BCUT2D eigenvalue weighted by Gasteiger charge is 2.30. The Kier molecular flexibility index (Phi) is 5.48. The number of hydrogen-bond donors (Lipinski definition) is 1. The number of nitrogens with one attached hydrogen (secondary N) is 1. The molecule has 2 fully saturated rings. The fourth-order valence-electron chi connectivity index (χ4n) is 3.97. The SMILES string of the molecule is O=C([C@H]1CCN1)N(Cc1ccc(C2CCCCC2)cn1)c1ccc(F)cc1. The van der Waals surface area contributed by atoms with Crippen LogP contribution in [0.5, 0.6) is 0 Å². The Labute approximate surface area is 159 Å². The van der Waals surface area contributed by atoms with Gasteiger partial charge in [-0.2, -0.15) is 0 Å². The van der Waals surface area contributed by atoms with Gasteiger partial charge in [0.2, 0.25) is 5.91 Å². The van der Waals surface area contributed by atoms with E-state index in [0.717, 1.165) is 18.7 Å². The van der Waals surface area contributed by atoms with Gasteiger partial charge in [0.05, 0.1) is 18.3 Å². The lowest BCUT2D eigenvalue weighted by atomic mass is 9.85. The Hall–Kier alpha value is -2.27. The lowest BCUT2D eigenvalue weighted by Gasteiger charge is -2.32. The summed E-state index contributed by atoms with van der Waals surface area (Å²) in [5.74, 6) is 0.336. The van der Waals surface area contributed by atoms with Gasteiger partial charge >= 0.3 is 0 Å². The van der Waals surface area contributed by atoms with E-state index in [0.29, 0.717) is 18.2 Å². The van der Waals surface area contributed by atoms with Gasteiger partial charge in [0.25, 0.3) is 0 Å². The third kappa shape index (κ3) is 4.19. The predicted octanol–water partition coefficient (Wildman–Crippen LogP) is 4.16. The van der Waals surface area contributed by atoms with Crippen LogP contribution >= 0.6 is 0 Å². The Morgan fingerprint density at radius 3 is 2.41 bits per heavy atom.